The molecule has 0 saturated heterocycles. The van der Waals surface area contributed by atoms with E-state index < -0.39 is 10.1 Å². The number of benzene rings is 2. The number of hydrogen-bond acceptors (Lipinski definition) is 5. The van der Waals surface area contributed by atoms with Crippen LogP contribution in [0.1, 0.15) is 16.8 Å². The van der Waals surface area contributed by atoms with Crippen molar-refractivity contribution in [2.75, 3.05) is 6.26 Å². The minimum absolute atomic E-state index is 0.443. The SMILES string of the molecule is CS(=O)(=O)O.Clc1ccc2c(c1)C(c1ccccc1Cl)=NCc1n[nH]nc1-2. The molecule has 0 atom stereocenters. The molecule has 0 spiro atoms. The van der Waals surface area contributed by atoms with E-state index in [2.05, 4.69) is 15.4 Å². The molecule has 0 unspecified atom stereocenters. The van der Waals surface area contributed by atoms with Crippen LogP contribution in [0.3, 0.4) is 0 Å². The molecule has 2 heterocycles. The minimum Gasteiger partial charge on any atom is -0.286 e. The van der Waals surface area contributed by atoms with E-state index in [-0.39, 0.29) is 0 Å². The van der Waals surface area contributed by atoms with Crippen LogP contribution in [0.2, 0.25) is 10.0 Å². The van der Waals surface area contributed by atoms with Gasteiger partial charge in [0.25, 0.3) is 10.1 Å². The number of nitrogens with one attached hydrogen (secondary N) is 1. The van der Waals surface area contributed by atoms with Gasteiger partial charge in [0.1, 0.15) is 11.4 Å². The molecule has 0 aliphatic carbocycles. The lowest BCUT2D eigenvalue weighted by Gasteiger charge is -2.11. The van der Waals surface area contributed by atoms with Crippen molar-refractivity contribution in [3.05, 3.63) is 69.3 Å². The third-order valence-corrected chi connectivity index (χ3v) is 4.19. The molecule has 10 heteroatoms. The molecule has 4 rings (SSSR count). The lowest BCUT2D eigenvalue weighted by atomic mass is 9.96. The van der Waals surface area contributed by atoms with Gasteiger partial charge in [-0.25, -0.2) is 0 Å². The minimum atomic E-state index is -3.67. The molecule has 140 valence electrons. The number of aliphatic imine (C=N–C) groups is 1. The zero-order valence-corrected chi connectivity index (χ0v) is 16.3. The fourth-order valence-electron chi connectivity index (χ4n) is 2.62. The molecule has 0 amide bonds. The number of H-pyrrole nitrogens is 1. The van der Waals surface area contributed by atoms with Crippen LogP contribution in [0.25, 0.3) is 11.3 Å². The molecular formula is C17H14Cl2N4O3S. The summed E-state index contributed by atoms with van der Waals surface area (Å²) in [6.45, 7) is 0.443. The molecule has 27 heavy (non-hydrogen) atoms. The highest BCUT2D eigenvalue weighted by Gasteiger charge is 2.23. The van der Waals surface area contributed by atoms with Crippen LogP contribution in [0.4, 0.5) is 0 Å². The second kappa shape index (κ2) is 7.77. The maximum absolute atomic E-state index is 9.19. The van der Waals surface area contributed by atoms with Gasteiger partial charge in [0.15, 0.2) is 0 Å². The number of aromatic amines is 1. The molecule has 0 bridgehead atoms. The zero-order valence-electron chi connectivity index (χ0n) is 14.0. The molecule has 1 aromatic heterocycles. The van der Waals surface area contributed by atoms with E-state index in [1.54, 1.807) is 0 Å². The number of fused-ring (bicyclic) bond motifs is 3. The Morgan fingerprint density at radius 2 is 1.74 bits per heavy atom. The molecule has 1 aliphatic rings. The molecule has 1 aliphatic heterocycles. The fourth-order valence-corrected chi connectivity index (χ4v) is 3.02. The van der Waals surface area contributed by atoms with Crippen molar-refractivity contribution in [2.24, 2.45) is 4.99 Å². The molecule has 3 aromatic rings. The topological polar surface area (TPSA) is 108 Å². The highest BCUT2D eigenvalue weighted by atomic mass is 35.5. The van der Waals surface area contributed by atoms with Gasteiger partial charge in [-0.05, 0) is 18.2 Å². The van der Waals surface area contributed by atoms with E-state index in [1.165, 1.54) is 0 Å². The summed E-state index contributed by atoms with van der Waals surface area (Å²) in [5, 5.41) is 12.4. The monoisotopic (exact) mass is 424 g/mol. The predicted octanol–water partition coefficient (Wildman–Crippen LogP) is 3.63. The van der Waals surface area contributed by atoms with Crippen LogP contribution in [-0.4, -0.2) is 40.3 Å². The molecular weight excluding hydrogens is 411 g/mol. The molecule has 0 fully saturated rings. The molecule has 2 N–H and O–H groups in total. The molecule has 7 nitrogen and oxygen atoms in total. The Labute approximate surface area is 165 Å². The van der Waals surface area contributed by atoms with Crippen molar-refractivity contribution in [3.63, 3.8) is 0 Å². The maximum Gasteiger partial charge on any atom is 0.261 e. The van der Waals surface area contributed by atoms with Crippen LogP contribution >= 0.6 is 23.2 Å². The Hall–Kier alpha value is -2.26. The summed E-state index contributed by atoms with van der Waals surface area (Å²) in [4.78, 5) is 4.70. The summed E-state index contributed by atoms with van der Waals surface area (Å²) in [6, 6.07) is 13.3. The highest BCUT2D eigenvalue weighted by Crippen LogP contribution is 2.33. The normalized spacial score (nSPS) is 12.8. The van der Waals surface area contributed by atoms with Crippen molar-refractivity contribution >= 4 is 39.0 Å². The van der Waals surface area contributed by atoms with E-state index in [0.717, 1.165) is 33.8 Å². The summed E-state index contributed by atoms with van der Waals surface area (Å²) < 4.78 is 25.9. The van der Waals surface area contributed by atoms with Crippen LogP contribution in [0.5, 0.6) is 0 Å². The Morgan fingerprint density at radius 1 is 1.04 bits per heavy atom. The third kappa shape index (κ3) is 4.72. The van der Waals surface area contributed by atoms with E-state index in [9.17, 15) is 8.42 Å². The predicted molar refractivity (Wildman–Crippen MR) is 105 cm³/mol. The van der Waals surface area contributed by atoms with Crippen LogP contribution in [0, 0.1) is 0 Å². The van der Waals surface area contributed by atoms with Gasteiger partial charge in [-0.2, -0.15) is 23.8 Å². The first-order valence-corrected chi connectivity index (χ1v) is 10.3. The zero-order chi connectivity index (χ0) is 19.6. The van der Waals surface area contributed by atoms with Crippen molar-refractivity contribution in [1.29, 1.82) is 0 Å². The van der Waals surface area contributed by atoms with E-state index in [0.29, 0.717) is 22.8 Å². The Kier molecular flexibility index (Phi) is 5.61. The van der Waals surface area contributed by atoms with Gasteiger partial charge in [0, 0.05) is 26.7 Å². The first-order chi connectivity index (χ1) is 12.7. The second-order valence-electron chi connectivity index (χ2n) is 5.69. The van der Waals surface area contributed by atoms with Gasteiger partial charge >= 0.3 is 0 Å². The Bertz CT molecular complexity index is 1120. The van der Waals surface area contributed by atoms with E-state index in [4.69, 9.17) is 32.7 Å². The number of nitrogens with zero attached hydrogens (tertiary/aromatic N) is 3. The van der Waals surface area contributed by atoms with Crippen molar-refractivity contribution in [3.8, 4) is 11.3 Å². The lowest BCUT2D eigenvalue weighted by Crippen LogP contribution is -2.05. The number of aromatic nitrogens is 3. The number of rotatable bonds is 1. The standard InChI is InChI=1S/C16H10Cl2N4.CH4O3S/c17-9-5-6-10-12(7-9)15(11-3-1-2-4-13(11)18)19-8-14-16(10)21-22-20-14;1-5(2,3)4/h1-7H,8H2,(H,20,21,22);1H3,(H,2,3,4). The first-order valence-electron chi connectivity index (χ1n) is 7.66. The molecule has 0 radical (unpaired) electrons. The summed E-state index contributed by atoms with van der Waals surface area (Å²) in [7, 11) is -3.67. The Balaban J connectivity index is 0.000000376. The van der Waals surface area contributed by atoms with Gasteiger partial charge in [-0.1, -0.05) is 47.5 Å². The van der Waals surface area contributed by atoms with Crippen molar-refractivity contribution in [2.45, 2.75) is 6.54 Å². The summed E-state index contributed by atoms with van der Waals surface area (Å²) in [5.41, 5.74) is 5.16. The second-order valence-corrected chi connectivity index (χ2v) is 8.00. The molecule has 2 aromatic carbocycles. The van der Waals surface area contributed by atoms with Gasteiger partial charge in [0.05, 0.1) is 18.5 Å². The third-order valence-electron chi connectivity index (χ3n) is 3.63. The van der Waals surface area contributed by atoms with Crippen LogP contribution in [-0.2, 0) is 16.7 Å². The average Bonchev–Trinajstić information content (AvgIpc) is 2.98. The van der Waals surface area contributed by atoms with Gasteiger partial charge < -0.3 is 0 Å². The fraction of sp³-hybridized carbons (Fsp3) is 0.118. The van der Waals surface area contributed by atoms with Crippen LogP contribution < -0.4 is 0 Å². The van der Waals surface area contributed by atoms with Gasteiger partial charge in [-0.3, -0.25) is 9.55 Å². The number of halogens is 2. The van der Waals surface area contributed by atoms with Gasteiger partial charge in [0.2, 0.25) is 0 Å². The maximum atomic E-state index is 9.19. The van der Waals surface area contributed by atoms with Crippen molar-refractivity contribution in [1.82, 2.24) is 15.4 Å². The van der Waals surface area contributed by atoms with Crippen molar-refractivity contribution < 1.29 is 13.0 Å². The van der Waals surface area contributed by atoms with Crippen LogP contribution in [0.15, 0.2) is 47.5 Å². The summed E-state index contributed by atoms with van der Waals surface area (Å²) >= 11 is 12.5. The lowest BCUT2D eigenvalue weighted by molar-refractivity contribution is 0.490. The highest BCUT2D eigenvalue weighted by molar-refractivity contribution is 7.85. The summed E-state index contributed by atoms with van der Waals surface area (Å²) in [6.07, 6.45) is 0.715. The number of hydrogen-bond donors (Lipinski definition) is 2. The summed E-state index contributed by atoms with van der Waals surface area (Å²) in [5.74, 6) is 0. The van der Waals surface area contributed by atoms with E-state index >= 15 is 0 Å². The largest absolute Gasteiger partial charge is 0.286 e. The first kappa shape index (κ1) is 19.5. The average molecular weight is 425 g/mol. The van der Waals surface area contributed by atoms with Gasteiger partial charge in [-0.15, -0.1) is 0 Å². The smallest absolute Gasteiger partial charge is 0.261 e. The quantitative estimate of drug-likeness (QED) is 0.579. The Morgan fingerprint density at radius 3 is 2.44 bits per heavy atom. The molecule has 0 saturated carbocycles. The van der Waals surface area contributed by atoms with E-state index in [1.807, 2.05) is 42.5 Å².